The van der Waals surface area contributed by atoms with E-state index in [9.17, 15) is 4.79 Å². The highest BCUT2D eigenvalue weighted by molar-refractivity contribution is 5.80. The van der Waals surface area contributed by atoms with Gasteiger partial charge in [0.25, 0.3) is 5.56 Å². The van der Waals surface area contributed by atoms with Crippen LogP contribution in [0, 0.1) is 6.92 Å². The molecule has 0 aromatic carbocycles. The molecule has 2 aromatic heterocycles. The molecule has 2 heterocycles. The first kappa shape index (κ1) is 7.03. The van der Waals surface area contributed by atoms with Crippen LogP contribution in [0.15, 0.2) is 29.3 Å². The van der Waals surface area contributed by atoms with Crippen molar-refractivity contribution < 1.29 is 0 Å². The maximum absolute atomic E-state index is 11.3. The molecular weight excluding hydrogens is 152 g/mol. The number of fused-ring (bicyclic) bond motifs is 1. The highest BCUT2D eigenvalue weighted by Crippen LogP contribution is 2.06. The summed E-state index contributed by atoms with van der Waals surface area (Å²) in [5, 5.41) is 1.58. The van der Waals surface area contributed by atoms with Gasteiger partial charge in [-0.25, -0.2) is 0 Å². The fourth-order valence-electron chi connectivity index (χ4n) is 1.24. The van der Waals surface area contributed by atoms with Crippen molar-refractivity contribution in [1.82, 2.24) is 9.97 Å². The standard InChI is InChI=1S/C9H8N2O/c1-6-4-7-5-10-3-2-8(7)9(12)11-6/h2-5H,1H3,(H,11,12). The Balaban J connectivity index is 2.99. The lowest BCUT2D eigenvalue weighted by atomic mass is 10.2. The van der Waals surface area contributed by atoms with Crippen LogP contribution >= 0.6 is 0 Å². The molecule has 0 aliphatic heterocycles. The summed E-state index contributed by atoms with van der Waals surface area (Å²) in [4.78, 5) is 18.0. The van der Waals surface area contributed by atoms with Crippen molar-refractivity contribution in [1.29, 1.82) is 0 Å². The smallest absolute Gasteiger partial charge is 0.256 e. The van der Waals surface area contributed by atoms with Crippen LogP contribution in [-0.2, 0) is 0 Å². The van der Waals surface area contributed by atoms with Crippen molar-refractivity contribution in [3.63, 3.8) is 0 Å². The lowest BCUT2D eigenvalue weighted by Gasteiger charge is -1.96. The van der Waals surface area contributed by atoms with Gasteiger partial charge in [0, 0.05) is 23.5 Å². The molecule has 2 aromatic rings. The molecule has 0 atom stereocenters. The summed E-state index contributed by atoms with van der Waals surface area (Å²) in [6, 6.07) is 3.62. The van der Waals surface area contributed by atoms with Crippen LogP contribution < -0.4 is 5.56 Å². The Kier molecular flexibility index (Phi) is 1.43. The summed E-state index contributed by atoms with van der Waals surface area (Å²) >= 11 is 0. The van der Waals surface area contributed by atoms with Crippen molar-refractivity contribution in [2.45, 2.75) is 6.92 Å². The third-order valence-electron chi connectivity index (χ3n) is 1.78. The van der Waals surface area contributed by atoms with Gasteiger partial charge in [0.15, 0.2) is 0 Å². The second-order valence-electron chi connectivity index (χ2n) is 2.74. The summed E-state index contributed by atoms with van der Waals surface area (Å²) < 4.78 is 0. The van der Waals surface area contributed by atoms with Crippen molar-refractivity contribution in [3.05, 3.63) is 40.6 Å². The molecule has 60 valence electrons. The molecule has 0 amide bonds. The Morgan fingerprint density at radius 2 is 2.33 bits per heavy atom. The lowest BCUT2D eigenvalue weighted by Crippen LogP contribution is -2.06. The van der Waals surface area contributed by atoms with E-state index in [1.54, 1.807) is 18.5 Å². The van der Waals surface area contributed by atoms with Crippen molar-refractivity contribution in [2.75, 3.05) is 0 Å². The lowest BCUT2D eigenvalue weighted by molar-refractivity contribution is 1.16. The molecule has 0 saturated heterocycles. The van der Waals surface area contributed by atoms with Crippen LogP contribution in [-0.4, -0.2) is 9.97 Å². The Hall–Kier alpha value is -1.64. The number of rotatable bonds is 0. The zero-order valence-corrected chi connectivity index (χ0v) is 6.66. The van der Waals surface area contributed by atoms with Crippen molar-refractivity contribution in [3.8, 4) is 0 Å². The average molecular weight is 160 g/mol. The maximum Gasteiger partial charge on any atom is 0.256 e. The van der Waals surface area contributed by atoms with E-state index in [2.05, 4.69) is 9.97 Å². The van der Waals surface area contributed by atoms with Crippen LogP contribution in [0.4, 0.5) is 0 Å². The summed E-state index contributed by atoms with van der Waals surface area (Å²) in [5.74, 6) is 0. The molecule has 0 saturated carbocycles. The Labute approximate surface area is 69.1 Å². The van der Waals surface area contributed by atoms with E-state index in [0.717, 1.165) is 11.1 Å². The van der Waals surface area contributed by atoms with Gasteiger partial charge in [-0.1, -0.05) is 0 Å². The Morgan fingerprint density at radius 1 is 1.50 bits per heavy atom. The third-order valence-corrected chi connectivity index (χ3v) is 1.78. The van der Waals surface area contributed by atoms with Crippen molar-refractivity contribution >= 4 is 10.8 Å². The maximum atomic E-state index is 11.3. The van der Waals surface area contributed by atoms with Gasteiger partial charge >= 0.3 is 0 Å². The molecule has 0 aliphatic carbocycles. The largest absolute Gasteiger partial charge is 0.326 e. The SMILES string of the molecule is Cc1cc2cnccc2c(=O)[nH]1. The molecule has 12 heavy (non-hydrogen) atoms. The van der Waals surface area contributed by atoms with E-state index < -0.39 is 0 Å². The molecule has 3 nitrogen and oxygen atoms in total. The summed E-state index contributed by atoms with van der Waals surface area (Å²) in [5.41, 5.74) is 0.813. The van der Waals surface area contributed by atoms with Gasteiger partial charge in [-0.05, 0) is 19.1 Å². The number of aryl methyl sites for hydroxylation is 1. The first-order chi connectivity index (χ1) is 5.77. The molecule has 3 heteroatoms. The number of H-pyrrole nitrogens is 1. The molecule has 0 spiro atoms. The topological polar surface area (TPSA) is 45.8 Å². The Bertz CT molecular complexity index is 473. The molecule has 0 aliphatic rings. The minimum atomic E-state index is -0.0487. The molecule has 0 unspecified atom stereocenters. The number of aromatic amines is 1. The second kappa shape index (κ2) is 2.44. The highest BCUT2D eigenvalue weighted by Gasteiger charge is 1.97. The summed E-state index contributed by atoms with van der Waals surface area (Å²) in [6.45, 7) is 1.86. The van der Waals surface area contributed by atoms with E-state index in [-0.39, 0.29) is 5.56 Å². The quantitative estimate of drug-likeness (QED) is 0.630. The molecule has 0 fully saturated rings. The van der Waals surface area contributed by atoms with E-state index >= 15 is 0 Å². The molecule has 0 radical (unpaired) electrons. The first-order valence-corrected chi connectivity index (χ1v) is 3.71. The third kappa shape index (κ3) is 0.993. The van der Waals surface area contributed by atoms with Crippen LogP contribution in [0.1, 0.15) is 5.69 Å². The summed E-state index contributed by atoms with van der Waals surface area (Å²) in [6.07, 6.45) is 3.31. The van der Waals surface area contributed by atoms with Gasteiger partial charge in [0.2, 0.25) is 0 Å². The van der Waals surface area contributed by atoms with E-state index in [1.165, 1.54) is 0 Å². The average Bonchev–Trinajstić information content (AvgIpc) is 2.04. The van der Waals surface area contributed by atoms with Gasteiger partial charge in [-0.3, -0.25) is 9.78 Å². The zero-order chi connectivity index (χ0) is 8.55. The van der Waals surface area contributed by atoms with E-state index in [1.807, 2.05) is 13.0 Å². The number of aromatic nitrogens is 2. The summed E-state index contributed by atoms with van der Waals surface area (Å²) in [7, 11) is 0. The van der Waals surface area contributed by atoms with Gasteiger partial charge in [-0.2, -0.15) is 0 Å². The normalized spacial score (nSPS) is 10.4. The predicted octanol–water partition coefficient (Wildman–Crippen LogP) is 1.23. The highest BCUT2D eigenvalue weighted by atomic mass is 16.1. The first-order valence-electron chi connectivity index (χ1n) is 3.71. The van der Waals surface area contributed by atoms with Crippen LogP contribution in [0.25, 0.3) is 10.8 Å². The van der Waals surface area contributed by atoms with Gasteiger partial charge < -0.3 is 4.98 Å². The zero-order valence-electron chi connectivity index (χ0n) is 6.66. The number of nitrogens with one attached hydrogen (secondary N) is 1. The van der Waals surface area contributed by atoms with E-state index in [4.69, 9.17) is 0 Å². The van der Waals surface area contributed by atoms with Gasteiger partial charge in [0.1, 0.15) is 0 Å². The molecular formula is C9H8N2O. The van der Waals surface area contributed by atoms with E-state index in [0.29, 0.717) is 5.39 Å². The number of nitrogens with zero attached hydrogens (tertiary/aromatic N) is 1. The van der Waals surface area contributed by atoms with Gasteiger partial charge in [0.05, 0.1) is 5.39 Å². The van der Waals surface area contributed by atoms with Crippen LogP contribution in [0.3, 0.4) is 0 Å². The molecule has 1 N–H and O–H groups in total. The minimum absolute atomic E-state index is 0.0487. The number of pyridine rings is 2. The van der Waals surface area contributed by atoms with Crippen LogP contribution in [0.2, 0.25) is 0 Å². The fourth-order valence-corrected chi connectivity index (χ4v) is 1.24. The predicted molar refractivity (Wildman–Crippen MR) is 47.1 cm³/mol. The monoisotopic (exact) mass is 160 g/mol. The molecule has 0 bridgehead atoms. The Morgan fingerprint density at radius 3 is 3.17 bits per heavy atom. The number of hydrogen-bond donors (Lipinski definition) is 1. The second-order valence-corrected chi connectivity index (χ2v) is 2.74. The van der Waals surface area contributed by atoms with Gasteiger partial charge in [-0.15, -0.1) is 0 Å². The number of hydrogen-bond acceptors (Lipinski definition) is 2. The minimum Gasteiger partial charge on any atom is -0.326 e. The fraction of sp³-hybridized carbons (Fsp3) is 0.111. The van der Waals surface area contributed by atoms with Crippen LogP contribution in [0.5, 0.6) is 0 Å². The van der Waals surface area contributed by atoms with Crippen molar-refractivity contribution in [2.24, 2.45) is 0 Å². The molecule has 2 rings (SSSR count).